The number of rotatable bonds is 1. The van der Waals surface area contributed by atoms with Crippen molar-refractivity contribution in [3.05, 3.63) is 0 Å². The van der Waals surface area contributed by atoms with Gasteiger partial charge in [-0.05, 0) is 0 Å². The molecule has 0 aliphatic carbocycles. The second kappa shape index (κ2) is 3.62. The van der Waals surface area contributed by atoms with Crippen molar-refractivity contribution < 1.29 is 17.1 Å². The molecule has 0 aliphatic rings. The fourth-order valence-electron chi connectivity index (χ4n) is 0. The Morgan fingerprint density at radius 3 is 2.00 bits per heavy atom. The molecule has 0 radical (unpaired) electrons. The van der Waals surface area contributed by atoms with Gasteiger partial charge in [-0.1, -0.05) is 0 Å². The van der Waals surface area contributed by atoms with Gasteiger partial charge in [0.05, 0.1) is 0 Å². The zero-order valence-corrected chi connectivity index (χ0v) is 4.80. The van der Waals surface area contributed by atoms with E-state index in [0.29, 0.717) is 0 Å². The van der Waals surface area contributed by atoms with Crippen LogP contribution in [0.4, 0.5) is 0 Å². The number of hydrogen-bond acceptors (Lipinski definition) is 0. The molecule has 0 aromatic carbocycles. The molecule has 0 amide bonds. The van der Waals surface area contributed by atoms with Crippen LogP contribution in [0, 0.1) is 0 Å². The minimum absolute atomic E-state index is 0.739. The first-order chi connectivity index (χ1) is 1.91. The summed E-state index contributed by atoms with van der Waals surface area (Å²) in [4.78, 5) is 0. The van der Waals surface area contributed by atoms with Crippen LogP contribution in [0.1, 0.15) is 6.92 Å². The van der Waals surface area contributed by atoms with Crippen molar-refractivity contribution in [1.82, 2.24) is 0 Å². The first-order valence-corrected chi connectivity index (χ1v) is 4.28. The van der Waals surface area contributed by atoms with E-state index < -0.39 is 0 Å². The molecule has 0 rings (SSSR count). The molecule has 0 unspecified atom stereocenters. The van der Waals surface area contributed by atoms with Gasteiger partial charge in [0.15, 0.2) is 0 Å². The van der Waals surface area contributed by atoms with Crippen LogP contribution in [0.15, 0.2) is 0 Å². The van der Waals surface area contributed by atoms with Crippen LogP contribution in [0.3, 0.4) is 0 Å². The molecule has 0 atom stereocenters. The molecular formula is C3H8Ru. The fraction of sp³-hybridized carbons (Fsp3) is 1.00. The molecule has 0 bridgehead atoms. The van der Waals surface area contributed by atoms with E-state index in [0.717, 1.165) is 17.1 Å². The van der Waals surface area contributed by atoms with Crippen LogP contribution in [0.25, 0.3) is 0 Å². The van der Waals surface area contributed by atoms with Gasteiger partial charge < -0.3 is 0 Å². The Hall–Kier alpha value is 0.623. The van der Waals surface area contributed by atoms with Crippen LogP contribution in [0.2, 0.25) is 10.5 Å². The third-order valence-corrected chi connectivity index (χ3v) is 1.48. The van der Waals surface area contributed by atoms with Gasteiger partial charge in [-0.2, -0.15) is 0 Å². The molecule has 0 spiro atoms. The van der Waals surface area contributed by atoms with Crippen LogP contribution in [-0.4, -0.2) is 0 Å². The van der Waals surface area contributed by atoms with E-state index in [1.165, 1.54) is 5.02 Å². The molecule has 28 valence electrons. The molecule has 0 aliphatic heterocycles. The maximum absolute atomic E-state index is 2.27. The summed E-state index contributed by atoms with van der Waals surface area (Å²) in [5, 5.41) is 1.41. The second-order valence-electron chi connectivity index (χ2n) is 0.500. The van der Waals surface area contributed by atoms with Crippen LogP contribution in [-0.2, 0) is 17.1 Å². The average molecular weight is 145 g/mol. The molecule has 0 fully saturated rings. The third-order valence-electron chi connectivity index (χ3n) is 0.250. The first kappa shape index (κ1) is 4.62. The molecule has 0 aromatic heterocycles. The van der Waals surface area contributed by atoms with Gasteiger partial charge in [-0.3, -0.25) is 0 Å². The van der Waals surface area contributed by atoms with E-state index in [1.807, 2.05) is 0 Å². The predicted octanol–water partition coefficient (Wildman–Crippen LogP) is 1.56. The predicted molar refractivity (Wildman–Crippen MR) is 16.3 cm³/mol. The topological polar surface area (TPSA) is 0 Å². The van der Waals surface area contributed by atoms with E-state index in [-0.39, 0.29) is 0 Å². The minimum atomic E-state index is 0.739. The molecule has 1 heteroatoms. The second-order valence-corrected chi connectivity index (χ2v) is 2.96. The Morgan fingerprint density at radius 2 is 2.00 bits per heavy atom. The fourth-order valence-corrected chi connectivity index (χ4v) is 0. The first-order valence-electron chi connectivity index (χ1n) is 1.31. The van der Waals surface area contributed by atoms with Crippen LogP contribution in [0.5, 0.6) is 0 Å². The average Bonchev–Trinajstić information content (AvgIpc) is 1.37. The standard InChI is InChI=1S/C2H5.CH3.Ru/c1-2;;/h1H2,2H3;1H3;. The Morgan fingerprint density at radius 1 is 1.75 bits per heavy atom. The molecule has 0 saturated heterocycles. The summed E-state index contributed by atoms with van der Waals surface area (Å²) in [6.45, 7) is 2.22. The molecule has 4 heavy (non-hydrogen) atoms. The summed E-state index contributed by atoms with van der Waals surface area (Å²) < 4.78 is 0. The van der Waals surface area contributed by atoms with Gasteiger partial charge in [0.2, 0.25) is 0 Å². The van der Waals surface area contributed by atoms with Gasteiger partial charge in [0, 0.05) is 0 Å². The van der Waals surface area contributed by atoms with Crippen molar-refractivity contribution in [3.63, 3.8) is 0 Å². The van der Waals surface area contributed by atoms with Gasteiger partial charge in [-0.25, -0.2) is 0 Å². The summed E-state index contributed by atoms with van der Waals surface area (Å²) in [6, 6.07) is 0. The van der Waals surface area contributed by atoms with Crippen molar-refractivity contribution in [2.45, 2.75) is 17.5 Å². The Balaban J connectivity index is 1.97. The summed E-state index contributed by atoms with van der Waals surface area (Å²) in [6.07, 6.45) is 0. The van der Waals surface area contributed by atoms with Gasteiger partial charge in [0.1, 0.15) is 0 Å². The molecule has 0 aromatic rings. The van der Waals surface area contributed by atoms with Crippen molar-refractivity contribution in [2.75, 3.05) is 0 Å². The van der Waals surface area contributed by atoms with Crippen molar-refractivity contribution in [1.29, 1.82) is 0 Å². The van der Waals surface area contributed by atoms with Crippen molar-refractivity contribution in [3.8, 4) is 0 Å². The molecule has 0 heterocycles. The van der Waals surface area contributed by atoms with Crippen LogP contribution < -0.4 is 0 Å². The van der Waals surface area contributed by atoms with Gasteiger partial charge in [-0.15, -0.1) is 0 Å². The molecular weight excluding hydrogens is 137 g/mol. The summed E-state index contributed by atoms with van der Waals surface area (Å²) >= 11 is 0.739. The zero-order valence-electron chi connectivity index (χ0n) is 3.06. The van der Waals surface area contributed by atoms with E-state index >= 15 is 0 Å². The van der Waals surface area contributed by atoms with E-state index in [2.05, 4.69) is 12.4 Å². The molecule has 0 saturated carbocycles. The summed E-state index contributed by atoms with van der Waals surface area (Å²) in [5.74, 6) is 0. The Labute approximate surface area is 35.2 Å². The normalized spacial score (nSPS) is 8.50. The van der Waals surface area contributed by atoms with E-state index in [4.69, 9.17) is 0 Å². The summed E-state index contributed by atoms with van der Waals surface area (Å²) in [7, 11) is 0. The summed E-state index contributed by atoms with van der Waals surface area (Å²) in [5.41, 5.74) is 2.27. The van der Waals surface area contributed by atoms with Gasteiger partial charge in [0.25, 0.3) is 0 Å². The zero-order chi connectivity index (χ0) is 3.41. The SMILES string of the molecule is C[CH2][Ru][CH3]. The number of hydrogen-bond donors (Lipinski definition) is 0. The maximum atomic E-state index is 2.27. The monoisotopic (exact) mass is 146 g/mol. The van der Waals surface area contributed by atoms with E-state index in [9.17, 15) is 0 Å². The molecule has 0 N–H and O–H groups in total. The quantitative estimate of drug-likeness (QED) is 0.491. The van der Waals surface area contributed by atoms with Gasteiger partial charge >= 0.3 is 34.6 Å². The van der Waals surface area contributed by atoms with Crippen molar-refractivity contribution in [2.24, 2.45) is 0 Å². The van der Waals surface area contributed by atoms with E-state index in [1.54, 1.807) is 0 Å². The Bertz CT molecular complexity index is 5.25. The van der Waals surface area contributed by atoms with Crippen molar-refractivity contribution >= 4 is 0 Å². The third kappa shape index (κ3) is 2.62. The Kier molecular flexibility index (Phi) is 4.19. The van der Waals surface area contributed by atoms with Crippen LogP contribution >= 0.6 is 0 Å². The molecule has 0 nitrogen and oxygen atoms in total.